The van der Waals surface area contributed by atoms with Crippen LogP contribution in [0.3, 0.4) is 0 Å². The molecule has 7 nitrogen and oxygen atoms in total. The third-order valence-corrected chi connectivity index (χ3v) is 5.87. The zero-order valence-corrected chi connectivity index (χ0v) is 16.9. The van der Waals surface area contributed by atoms with Gasteiger partial charge in [0.2, 0.25) is 11.9 Å². The summed E-state index contributed by atoms with van der Waals surface area (Å²) in [5, 5.41) is 3.03. The summed E-state index contributed by atoms with van der Waals surface area (Å²) >= 11 is 1.56. The summed E-state index contributed by atoms with van der Waals surface area (Å²) in [4.78, 5) is 28.5. The highest BCUT2D eigenvalue weighted by Gasteiger charge is 2.24. The minimum Gasteiger partial charge on any atom is -0.378 e. The predicted octanol–water partition coefficient (Wildman–Crippen LogP) is 2.23. The molecule has 1 aliphatic heterocycles. The number of hydrogen-bond acceptors (Lipinski definition) is 7. The maximum absolute atomic E-state index is 12.7. The first kappa shape index (κ1) is 18.5. The van der Waals surface area contributed by atoms with Crippen LogP contribution in [0.15, 0.2) is 35.7 Å². The maximum atomic E-state index is 12.7. The number of nitrogens with zero attached hydrogens (tertiary/aromatic N) is 5. The molecule has 0 saturated carbocycles. The van der Waals surface area contributed by atoms with E-state index >= 15 is 0 Å². The second-order valence-electron chi connectivity index (χ2n) is 7.15. The molecular weight excluding hydrogens is 372 g/mol. The number of rotatable bonds is 4. The Hall–Kier alpha value is -2.87. The Morgan fingerprint density at radius 2 is 1.82 bits per heavy atom. The van der Waals surface area contributed by atoms with Crippen molar-refractivity contribution in [3.63, 3.8) is 0 Å². The van der Waals surface area contributed by atoms with E-state index in [2.05, 4.69) is 19.8 Å². The van der Waals surface area contributed by atoms with Gasteiger partial charge >= 0.3 is 0 Å². The van der Waals surface area contributed by atoms with Gasteiger partial charge in [-0.15, -0.1) is 11.3 Å². The molecule has 0 bridgehead atoms. The molecule has 0 unspecified atom stereocenters. The highest BCUT2D eigenvalue weighted by molar-refractivity contribution is 7.16. The van der Waals surface area contributed by atoms with Crippen LogP contribution >= 0.6 is 11.3 Å². The van der Waals surface area contributed by atoms with Gasteiger partial charge in [-0.2, -0.15) is 4.98 Å². The number of amides is 1. The van der Waals surface area contributed by atoms with Crippen LogP contribution in [0.4, 0.5) is 17.5 Å². The van der Waals surface area contributed by atoms with Crippen molar-refractivity contribution in [2.75, 3.05) is 55.8 Å². The number of piperazine rings is 1. The molecule has 0 spiro atoms. The molecule has 1 saturated heterocycles. The number of aromatic nitrogens is 2. The van der Waals surface area contributed by atoms with E-state index < -0.39 is 0 Å². The van der Waals surface area contributed by atoms with Gasteiger partial charge in [-0.3, -0.25) is 4.79 Å². The van der Waals surface area contributed by atoms with Gasteiger partial charge in [0.05, 0.1) is 11.8 Å². The fourth-order valence-electron chi connectivity index (χ4n) is 3.46. The van der Waals surface area contributed by atoms with Crippen LogP contribution in [0, 0.1) is 0 Å². The quantitative estimate of drug-likeness (QED) is 0.729. The monoisotopic (exact) mass is 396 g/mol. The predicted molar refractivity (Wildman–Crippen MR) is 115 cm³/mol. The first-order valence-electron chi connectivity index (χ1n) is 9.31. The van der Waals surface area contributed by atoms with Crippen LogP contribution in [0.5, 0.6) is 0 Å². The topological polar surface area (TPSA) is 78.6 Å². The molecule has 2 aromatic heterocycles. The second-order valence-corrected chi connectivity index (χ2v) is 8.04. The number of fused-ring (bicyclic) bond motifs is 1. The van der Waals surface area contributed by atoms with E-state index in [1.807, 2.05) is 54.7 Å². The van der Waals surface area contributed by atoms with Gasteiger partial charge in [0, 0.05) is 46.0 Å². The summed E-state index contributed by atoms with van der Waals surface area (Å²) in [6.45, 7) is 2.85. The molecule has 4 rings (SSSR count). The third kappa shape index (κ3) is 3.73. The minimum atomic E-state index is 0.167. The van der Waals surface area contributed by atoms with Crippen LogP contribution in [0.25, 0.3) is 10.2 Å². The molecule has 0 aliphatic carbocycles. The molecule has 28 heavy (non-hydrogen) atoms. The van der Waals surface area contributed by atoms with E-state index in [1.165, 1.54) is 0 Å². The Kier molecular flexibility index (Phi) is 5.04. The minimum absolute atomic E-state index is 0.167. The van der Waals surface area contributed by atoms with Gasteiger partial charge < -0.3 is 20.4 Å². The van der Waals surface area contributed by atoms with Crippen molar-refractivity contribution >= 4 is 44.9 Å². The lowest BCUT2D eigenvalue weighted by Crippen LogP contribution is -2.49. The summed E-state index contributed by atoms with van der Waals surface area (Å²) in [6.07, 6.45) is 0.433. The number of benzene rings is 1. The number of carbonyl (C=O) groups is 1. The van der Waals surface area contributed by atoms with E-state index in [0.29, 0.717) is 25.5 Å². The SMILES string of the molecule is CN(C)c1ccc(CC(=O)N2CCN(c3nc(N)nc4sccc34)CC2)cc1. The Morgan fingerprint density at radius 3 is 2.50 bits per heavy atom. The van der Waals surface area contributed by atoms with Crippen LogP contribution < -0.4 is 15.5 Å². The highest BCUT2D eigenvalue weighted by Crippen LogP contribution is 2.29. The van der Waals surface area contributed by atoms with Crippen LogP contribution in [-0.4, -0.2) is 61.0 Å². The van der Waals surface area contributed by atoms with Crippen molar-refractivity contribution in [1.82, 2.24) is 14.9 Å². The molecule has 2 N–H and O–H groups in total. The zero-order valence-electron chi connectivity index (χ0n) is 16.1. The first-order valence-corrected chi connectivity index (χ1v) is 10.2. The molecule has 8 heteroatoms. The molecule has 0 radical (unpaired) electrons. The summed E-state index contributed by atoms with van der Waals surface area (Å²) < 4.78 is 0. The van der Waals surface area contributed by atoms with E-state index in [0.717, 1.165) is 40.4 Å². The van der Waals surface area contributed by atoms with Gasteiger partial charge in [-0.1, -0.05) is 12.1 Å². The average Bonchev–Trinajstić information content (AvgIpc) is 3.16. The molecule has 1 aliphatic rings. The van der Waals surface area contributed by atoms with Crippen molar-refractivity contribution in [3.05, 3.63) is 41.3 Å². The summed E-state index contributed by atoms with van der Waals surface area (Å²) in [5.74, 6) is 1.33. The number of hydrogen-bond donors (Lipinski definition) is 1. The van der Waals surface area contributed by atoms with Gasteiger partial charge in [0.1, 0.15) is 10.6 Å². The fraction of sp³-hybridized carbons (Fsp3) is 0.350. The van der Waals surface area contributed by atoms with Crippen LogP contribution in [-0.2, 0) is 11.2 Å². The second kappa shape index (κ2) is 7.63. The third-order valence-electron chi connectivity index (χ3n) is 5.06. The summed E-state index contributed by atoms with van der Waals surface area (Å²) in [7, 11) is 4.02. The normalized spacial score (nSPS) is 14.5. The van der Waals surface area contributed by atoms with Gasteiger partial charge in [0.25, 0.3) is 0 Å². The zero-order chi connectivity index (χ0) is 19.7. The largest absolute Gasteiger partial charge is 0.378 e. The summed E-state index contributed by atoms with van der Waals surface area (Å²) in [6, 6.07) is 10.2. The molecular formula is C20H24N6OS. The summed E-state index contributed by atoms with van der Waals surface area (Å²) in [5.41, 5.74) is 8.05. The Balaban J connectivity index is 1.39. The number of thiophene rings is 1. The van der Waals surface area contributed by atoms with Crippen LogP contribution in [0.2, 0.25) is 0 Å². The van der Waals surface area contributed by atoms with Crippen molar-refractivity contribution in [2.24, 2.45) is 0 Å². The van der Waals surface area contributed by atoms with E-state index in [1.54, 1.807) is 11.3 Å². The standard InChI is InChI=1S/C20H24N6OS/c1-24(2)15-5-3-14(4-6-15)13-17(27)25-8-10-26(11-9-25)18-16-7-12-28-19(16)23-20(21)22-18/h3-7,12H,8-11,13H2,1-2H3,(H2,21,22,23). The molecule has 3 aromatic rings. The van der Waals surface area contributed by atoms with Crippen molar-refractivity contribution < 1.29 is 4.79 Å². The first-order chi connectivity index (χ1) is 13.5. The smallest absolute Gasteiger partial charge is 0.227 e. The molecule has 1 aromatic carbocycles. The Bertz CT molecular complexity index is 976. The molecule has 3 heterocycles. The van der Waals surface area contributed by atoms with E-state index in [-0.39, 0.29) is 5.91 Å². The van der Waals surface area contributed by atoms with Crippen molar-refractivity contribution in [1.29, 1.82) is 0 Å². The Morgan fingerprint density at radius 1 is 1.11 bits per heavy atom. The lowest BCUT2D eigenvalue weighted by molar-refractivity contribution is -0.130. The van der Waals surface area contributed by atoms with Crippen LogP contribution in [0.1, 0.15) is 5.56 Å². The maximum Gasteiger partial charge on any atom is 0.227 e. The number of nitrogen functional groups attached to an aromatic ring is 1. The van der Waals surface area contributed by atoms with Crippen molar-refractivity contribution in [2.45, 2.75) is 6.42 Å². The van der Waals surface area contributed by atoms with E-state index in [4.69, 9.17) is 5.73 Å². The van der Waals surface area contributed by atoms with E-state index in [9.17, 15) is 4.79 Å². The average molecular weight is 397 g/mol. The number of nitrogens with two attached hydrogens (primary N) is 1. The van der Waals surface area contributed by atoms with Gasteiger partial charge in [-0.05, 0) is 29.1 Å². The fourth-order valence-corrected chi connectivity index (χ4v) is 4.23. The molecule has 0 atom stereocenters. The number of anilines is 3. The lowest BCUT2D eigenvalue weighted by Gasteiger charge is -2.35. The highest BCUT2D eigenvalue weighted by atomic mass is 32.1. The lowest BCUT2D eigenvalue weighted by atomic mass is 10.1. The Labute approximate surface area is 168 Å². The number of carbonyl (C=O) groups excluding carboxylic acids is 1. The van der Waals surface area contributed by atoms with Gasteiger partial charge in [0.15, 0.2) is 0 Å². The molecule has 1 amide bonds. The van der Waals surface area contributed by atoms with Crippen molar-refractivity contribution in [3.8, 4) is 0 Å². The van der Waals surface area contributed by atoms with Gasteiger partial charge in [-0.25, -0.2) is 4.98 Å². The molecule has 146 valence electrons. The molecule has 1 fully saturated rings.